The van der Waals surface area contributed by atoms with Gasteiger partial charge in [-0.25, -0.2) is 0 Å². The molecule has 2 fully saturated rings. The van der Waals surface area contributed by atoms with E-state index in [1.807, 2.05) is 18.2 Å². The maximum absolute atomic E-state index is 13.0. The number of benzene rings is 1. The molecule has 0 saturated carbocycles. The second kappa shape index (κ2) is 7.78. The number of imide groups is 1. The lowest BCUT2D eigenvalue weighted by Gasteiger charge is -2.29. The molecule has 3 aliphatic heterocycles. The number of carbonyl (C=O) groups is 3. The summed E-state index contributed by atoms with van der Waals surface area (Å²) in [5, 5.41) is 9.34. The molecule has 7 nitrogen and oxygen atoms in total. The summed E-state index contributed by atoms with van der Waals surface area (Å²) in [4.78, 5) is 38.2. The maximum Gasteiger partial charge on any atom is 0.255 e. The minimum atomic E-state index is -0.560. The second-order valence-electron chi connectivity index (χ2n) is 7.63. The van der Waals surface area contributed by atoms with Crippen LogP contribution in [0.4, 0.5) is 0 Å². The molecular weight excluding hydrogens is 344 g/mol. The van der Waals surface area contributed by atoms with Crippen molar-refractivity contribution >= 4 is 17.7 Å². The van der Waals surface area contributed by atoms with Gasteiger partial charge < -0.3 is 15.5 Å². The average molecular weight is 370 g/mol. The van der Waals surface area contributed by atoms with Gasteiger partial charge in [0.25, 0.3) is 5.91 Å². The maximum atomic E-state index is 13.0. The minimum absolute atomic E-state index is 0.104. The highest BCUT2D eigenvalue weighted by Gasteiger charge is 2.39. The Morgan fingerprint density at radius 3 is 2.81 bits per heavy atom. The van der Waals surface area contributed by atoms with Gasteiger partial charge in [0.2, 0.25) is 11.8 Å². The number of nitrogens with one attached hydrogen (secondary N) is 3. The molecule has 3 heterocycles. The predicted molar refractivity (Wildman–Crippen MR) is 99.8 cm³/mol. The normalized spacial score (nSPS) is 25.5. The van der Waals surface area contributed by atoms with E-state index in [1.54, 1.807) is 4.90 Å². The molecule has 0 radical (unpaired) electrons. The van der Waals surface area contributed by atoms with E-state index in [4.69, 9.17) is 0 Å². The fourth-order valence-electron chi connectivity index (χ4n) is 4.32. The molecule has 0 bridgehead atoms. The summed E-state index contributed by atoms with van der Waals surface area (Å²) in [5.41, 5.74) is 2.65. The molecule has 4 rings (SSSR count). The van der Waals surface area contributed by atoms with Crippen molar-refractivity contribution in [2.75, 3.05) is 13.1 Å². The van der Waals surface area contributed by atoms with E-state index in [9.17, 15) is 14.4 Å². The van der Waals surface area contributed by atoms with E-state index in [2.05, 4.69) is 16.0 Å². The van der Waals surface area contributed by atoms with Crippen molar-refractivity contribution in [2.24, 2.45) is 0 Å². The van der Waals surface area contributed by atoms with Crippen molar-refractivity contribution in [1.29, 1.82) is 0 Å². The monoisotopic (exact) mass is 370 g/mol. The van der Waals surface area contributed by atoms with E-state index < -0.39 is 6.04 Å². The number of nitrogens with zero attached hydrogens (tertiary/aromatic N) is 1. The molecule has 3 amide bonds. The van der Waals surface area contributed by atoms with Gasteiger partial charge in [-0.15, -0.1) is 0 Å². The lowest BCUT2D eigenvalue weighted by Crippen LogP contribution is -2.52. The fraction of sp³-hybridized carbons (Fsp3) is 0.550. The van der Waals surface area contributed by atoms with Gasteiger partial charge in [-0.3, -0.25) is 19.7 Å². The Bertz CT molecular complexity index is 758. The molecule has 27 heavy (non-hydrogen) atoms. The van der Waals surface area contributed by atoms with Crippen LogP contribution in [0.2, 0.25) is 0 Å². The Morgan fingerprint density at radius 2 is 2.04 bits per heavy atom. The third-order valence-corrected chi connectivity index (χ3v) is 5.76. The van der Waals surface area contributed by atoms with Crippen molar-refractivity contribution in [3.8, 4) is 0 Å². The van der Waals surface area contributed by atoms with Gasteiger partial charge in [0.05, 0.1) is 0 Å². The quantitative estimate of drug-likeness (QED) is 0.663. The first-order valence-electron chi connectivity index (χ1n) is 9.83. The molecule has 0 aliphatic carbocycles. The zero-order valence-corrected chi connectivity index (χ0v) is 15.4. The average Bonchev–Trinajstić information content (AvgIpc) is 3.00. The van der Waals surface area contributed by atoms with Crippen LogP contribution in [0.15, 0.2) is 18.2 Å². The van der Waals surface area contributed by atoms with Crippen LogP contribution in [-0.2, 0) is 22.7 Å². The summed E-state index contributed by atoms with van der Waals surface area (Å²) >= 11 is 0. The molecule has 3 N–H and O–H groups in total. The third-order valence-electron chi connectivity index (χ3n) is 5.76. The van der Waals surface area contributed by atoms with Crippen LogP contribution >= 0.6 is 0 Å². The molecule has 1 aromatic rings. The Morgan fingerprint density at radius 1 is 1.15 bits per heavy atom. The molecule has 3 aliphatic rings. The third kappa shape index (κ3) is 3.75. The van der Waals surface area contributed by atoms with Crippen LogP contribution in [0.1, 0.15) is 53.6 Å². The van der Waals surface area contributed by atoms with Gasteiger partial charge in [0, 0.05) is 37.7 Å². The summed E-state index contributed by atoms with van der Waals surface area (Å²) in [6, 6.07) is 5.83. The van der Waals surface area contributed by atoms with Gasteiger partial charge in [0.15, 0.2) is 0 Å². The second-order valence-corrected chi connectivity index (χ2v) is 7.63. The van der Waals surface area contributed by atoms with Crippen LogP contribution in [0.5, 0.6) is 0 Å². The van der Waals surface area contributed by atoms with Gasteiger partial charge in [-0.2, -0.15) is 0 Å². The fourth-order valence-corrected chi connectivity index (χ4v) is 4.32. The van der Waals surface area contributed by atoms with Crippen molar-refractivity contribution in [1.82, 2.24) is 20.9 Å². The number of hydrogen-bond acceptors (Lipinski definition) is 5. The summed E-state index contributed by atoms with van der Waals surface area (Å²) in [5.74, 6) is -0.732. The summed E-state index contributed by atoms with van der Waals surface area (Å²) in [6.45, 7) is 3.02. The van der Waals surface area contributed by atoms with Crippen LogP contribution in [0.3, 0.4) is 0 Å². The Kier molecular flexibility index (Phi) is 5.22. The lowest BCUT2D eigenvalue weighted by molar-refractivity contribution is -0.136. The van der Waals surface area contributed by atoms with Gasteiger partial charge in [-0.1, -0.05) is 24.6 Å². The molecule has 0 spiro atoms. The zero-order valence-electron chi connectivity index (χ0n) is 15.4. The molecule has 0 aromatic heterocycles. The van der Waals surface area contributed by atoms with Crippen LogP contribution in [0, 0.1) is 0 Å². The largest absolute Gasteiger partial charge is 0.322 e. The molecule has 7 heteroatoms. The summed E-state index contributed by atoms with van der Waals surface area (Å²) in [7, 11) is 0. The number of fused-ring (bicyclic) bond motifs is 1. The van der Waals surface area contributed by atoms with Gasteiger partial charge in [-0.05, 0) is 36.9 Å². The standard InChI is InChI=1S/C20H26N4O3/c25-17-8-7-16(19(26)23-17)24-12-14-5-3-4-13(18(14)20(24)27)10-21-11-15-6-1-2-9-22-15/h3-5,15-16,21-22H,1-2,6-12H2,(H,23,25,26)/t15-,16?/m0/s1. The van der Waals surface area contributed by atoms with Gasteiger partial charge >= 0.3 is 0 Å². The first kappa shape index (κ1) is 18.1. The lowest BCUT2D eigenvalue weighted by atomic mass is 10.0. The summed E-state index contributed by atoms with van der Waals surface area (Å²) in [6.07, 6.45) is 4.36. The van der Waals surface area contributed by atoms with Crippen LogP contribution < -0.4 is 16.0 Å². The van der Waals surface area contributed by atoms with E-state index in [1.165, 1.54) is 19.3 Å². The smallest absolute Gasteiger partial charge is 0.255 e. The van der Waals surface area contributed by atoms with Crippen LogP contribution in [-0.4, -0.2) is 47.8 Å². The van der Waals surface area contributed by atoms with Gasteiger partial charge in [0.1, 0.15) is 6.04 Å². The molecule has 1 aromatic carbocycles. The predicted octanol–water partition coefficient (Wildman–Crippen LogP) is 0.679. The number of amides is 3. The molecule has 2 atom stereocenters. The number of piperidine rings is 2. The van der Waals surface area contributed by atoms with Crippen molar-refractivity contribution in [2.45, 2.75) is 57.3 Å². The van der Waals surface area contributed by atoms with E-state index in [0.29, 0.717) is 31.1 Å². The Balaban J connectivity index is 1.43. The highest BCUT2D eigenvalue weighted by atomic mass is 16.2. The SMILES string of the molecule is O=C1CCC(N2Cc3cccc(CNC[C@@H]4CCCCN4)c3C2=O)C(=O)N1. The molecule has 1 unspecified atom stereocenters. The summed E-state index contributed by atoms with van der Waals surface area (Å²) < 4.78 is 0. The minimum Gasteiger partial charge on any atom is -0.322 e. The van der Waals surface area contributed by atoms with E-state index in [0.717, 1.165) is 24.2 Å². The Hall–Kier alpha value is -2.25. The van der Waals surface area contributed by atoms with E-state index in [-0.39, 0.29) is 24.1 Å². The Labute approximate surface area is 158 Å². The molecule has 144 valence electrons. The van der Waals surface area contributed by atoms with E-state index >= 15 is 0 Å². The topological polar surface area (TPSA) is 90.5 Å². The first-order valence-corrected chi connectivity index (χ1v) is 9.83. The number of hydrogen-bond donors (Lipinski definition) is 3. The highest BCUT2D eigenvalue weighted by molar-refractivity contribution is 6.05. The van der Waals surface area contributed by atoms with Crippen LogP contribution in [0.25, 0.3) is 0 Å². The van der Waals surface area contributed by atoms with Crippen molar-refractivity contribution in [3.05, 3.63) is 34.9 Å². The highest BCUT2D eigenvalue weighted by Crippen LogP contribution is 2.29. The van der Waals surface area contributed by atoms with Crippen molar-refractivity contribution < 1.29 is 14.4 Å². The first-order chi connectivity index (χ1) is 13.1. The number of carbonyl (C=O) groups excluding carboxylic acids is 3. The van der Waals surface area contributed by atoms with Crippen molar-refractivity contribution in [3.63, 3.8) is 0 Å². The molecular formula is C20H26N4O3. The zero-order chi connectivity index (χ0) is 18.8. The number of rotatable bonds is 5. The molecule has 2 saturated heterocycles.